The Labute approximate surface area is 135 Å². The molecule has 2 aromatic rings. The molecule has 0 N–H and O–H groups in total. The number of nitrogens with zero attached hydrogens (tertiary/aromatic N) is 3. The van der Waals surface area contributed by atoms with Crippen LogP contribution in [0.1, 0.15) is 12.1 Å². The smallest absolute Gasteiger partial charge is 0.226 e. The van der Waals surface area contributed by atoms with Gasteiger partial charge in [-0.1, -0.05) is 18.2 Å². The highest BCUT2D eigenvalue weighted by Crippen LogP contribution is 2.15. The highest BCUT2D eigenvalue weighted by atomic mass is 16.5. The second-order valence-electron chi connectivity index (χ2n) is 5.55. The number of fused-ring (bicyclic) bond motifs is 1. The topological polar surface area (TPSA) is 56.6 Å². The van der Waals surface area contributed by atoms with Gasteiger partial charge in [-0.05, 0) is 18.2 Å². The predicted octanol–water partition coefficient (Wildman–Crippen LogP) is 1.71. The summed E-state index contributed by atoms with van der Waals surface area (Å²) in [5, 5.41) is 4.28. The van der Waals surface area contributed by atoms with E-state index in [-0.39, 0.29) is 12.0 Å². The van der Waals surface area contributed by atoms with Gasteiger partial charge < -0.3 is 14.4 Å². The Hall–Kier alpha value is -2.34. The Morgan fingerprint density at radius 2 is 2.09 bits per heavy atom. The van der Waals surface area contributed by atoms with Crippen LogP contribution < -0.4 is 4.74 Å². The van der Waals surface area contributed by atoms with E-state index in [0.717, 1.165) is 11.4 Å². The molecule has 122 valence electrons. The Balaban J connectivity index is 1.58. The summed E-state index contributed by atoms with van der Waals surface area (Å²) in [7, 11) is 1.67. The van der Waals surface area contributed by atoms with Gasteiger partial charge >= 0.3 is 0 Å². The molecule has 0 saturated carbocycles. The van der Waals surface area contributed by atoms with E-state index in [1.54, 1.807) is 13.3 Å². The van der Waals surface area contributed by atoms with Crippen LogP contribution in [0.3, 0.4) is 0 Å². The molecule has 0 spiro atoms. The fourth-order valence-electron chi connectivity index (χ4n) is 2.69. The zero-order valence-electron chi connectivity index (χ0n) is 13.2. The first-order valence-electron chi connectivity index (χ1n) is 7.75. The lowest BCUT2D eigenvalue weighted by Crippen LogP contribution is -2.37. The van der Waals surface area contributed by atoms with Crippen LogP contribution in [0, 0.1) is 0 Å². The summed E-state index contributed by atoms with van der Waals surface area (Å²) in [6.07, 6.45) is 2.06. The lowest BCUT2D eigenvalue weighted by Gasteiger charge is -2.23. The molecule has 0 radical (unpaired) electrons. The van der Waals surface area contributed by atoms with Crippen LogP contribution >= 0.6 is 0 Å². The van der Waals surface area contributed by atoms with Crippen molar-refractivity contribution >= 4 is 5.91 Å². The largest absolute Gasteiger partial charge is 0.493 e. The number of para-hydroxylation sites is 1. The molecule has 1 aliphatic rings. The number of ether oxygens (including phenoxy) is 2. The van der Waals surface area contributed by atoms with E-state index in [4.69, 9.17) is 9.47 Å². The number of benzene rings is 1. The first kappa shape index (κ1) is 15.6. The molecule has 2 heterocycles. The van der Waals surface area contributed by atoms with E-state index < -0.39 is 0 Å². The molecule has 6 heteroatoms. The van der Waals surface area contributed by atoms with Gasteiger partial charge in [0.1, 0.15) is 5.75 Å². The third-order valence-corrected chi connectivity index (χ3v) is 3.97. The number of rotatable bonds is 5. The zero-order valence-corrected chi connectivity index (χ0v) is 13.2. The van der Waals surface area contributed by atoms with Crippen molar-refractivity contribution < 1.29 is 14.3 Å². The highest BCUT2D eigenvalue weighted by Gasteiger charge is 2.25. The second kappa shape index (κ2) is 7.28. The monoisotopic (exact) mass is 315 g/mol. The molecule has 0 aliphatic carbocycles. The predicted molar refractivity (Wildman–Crippen MR) is 85.0 cm³/mol. The Bertz CT molecular complexity index is 642. The summed E-state index contributed by atoms with van der Waals surface area (Å²) < 4.78 is 13.0. The first-order chi connectivity index (χ1) is 11.3. The maximum Gasteiger partial charge on any atom is 0.226 e. The summed E-state index contributed by atoms with van der Waals surface area (Å²) in [4.78, 5) is 14.3. The van der Waals surface area contributed by atoms with E-state index >= 15 is 0 Å². The number of carbonyl (C=O) groups excluding carboxylic acids is 1. The van der Waals surface area contributed by atoms with Gasteiger partial charge in [-0.2, -0.15) is 5.10 Å². The van der Waals surface area contributed by atoms with E-state index in [1.807, 2.05) is 46.0 Å². The van der Waals surface area contributed by atoms with Gasteiger partial charge in [0, 0.05) is 19.9 Å². The summed E-state index contributed by atoms with van der Waals surface area (Å²) in [5.74, 6) is 0.849. The lowest BCUT2D eigenvalue weighted by atomic mass is 10.3. The fourth-order valence-corrected chi connectivity index (χ4v) is 2.69. The molecule has 0 fully saturated rings. The van der Waals surface area contributed by atoms with Gasteiger partial charge in [0.2, 0.25) is 5.91 Å². The highest BCUT2D eigenvalue weighted by molar-refractivity contribution is 5.76. The average molecular weight is 315 g/mol. The Morgan fingerprint density at radius 1 is 1.26 bits per heavy atom. The van der Waals surface area contributed by atoms with Gasteiger partial charge in [-0.3, -0.25) is 9.48 Å². The SMILES string of the molecule is CO[C@@H]1CN(C(=O)CCOc2ccccc2)Cc2ccnn2C1. The van der Waals surface area contributed by atoms with Crippen LogP contribution in [0.5, 0.6) is 5.75 Å². The van der Waals surface area contributed by atoms with Crippen molar-refractivity contribution in [3.63, 3.8) is 0 Å². The second-order valence-corrected chi connectivity index (χ2v) is 5.55. The van der Waals surface area contributed by atoms with Crippen LogP contribution in [-0.4, -0.2) is 47.0 Å². The molecule has 3 rings (SSSR count). The third-order valence-electron chi connectivity index (χ3n) is 3.97. The van der Waals surface area contributed by atoms with Gasteiger partial charge in [0.05, 0.1) is 37.9 Å². The lowest BCUT2D eigenvalue weighted by molar-refractivity contribution is -0.133. The van der Waals surface area contributed by atoms with E-state index in [9.17, 15) is 4.79 Å². The van der Waals surface area contributed by atoms with Crippen LogP contribution in [0.15, 0.2) is 42.6 Å². The van der Waals surface area contributed by atoms with Crippen molar-refractivity contribution in [2.24, 2.45) is 0 Å². The minimum Gasteiger partial charge on any atom is -0.493 e. The summed E-state index contributed by atoms with van der Waals surface area (Å²) in [5.41, 5.74) is 1.03. The minimum absolute atomic E-state index is 0.0462. The van der Waals surface area contributed by atoms with Crippen LogP contribution in [0.25, 0.3) is 0 Å². The van der Waals surface area contributed by atoms with Crippen LogP contribution in [0.4, 0.5) is 0 Å². The van der Waals surface area contributed by atoms with Crippen molar-refractivity contribution in [1.29, 1.82) is 0 Å². The molecule has 0 bridgehead atoms. The summed E-state index contributed by atoms with van der Waals surface area (Å²) in [6.45, 7) is 2.17. The Morgan fingerprint density at radius 3 is 2.87 bits per heavy atom. The normalized spacial score (nSPS) is 17.4. The summed E-state index contributed by atoms with van der Waals surface area (Å²) in [6, 6.07) is 11.5. The standard InChI is InChI=1S/C17H21N3O3/c1-22-16-12-19(11-14-7-9-18-20(14)13-16)17(21)8-10-23-15-5-3-2-4-6-15/h2-7,9,16H,8,10-13H2,1H3/t16-/m1/s1. The van der Waals surface area contributed by atoms with Gasteiger partial charge in [-0.25, -0.2) is 0 Å². The van der Waals surface area contributed by atoms with Crippen molar-refractivity contribution in [2.45, 2.75) is 25.6 Å². The molecule has 23 heavy (non-hydrogen) atoms. The molecule has 1 aromatic carbocycles. The van der Waals surface area contributed by atoms with Crippen molar-refractivity contribution in [3.8, 4) is 5.75 Å². The number of methoxy groups -OCH3 is 1. The average Bonchev–Trinajstić information content (AvgIpc) is 2.93. The molecule has 1 amide bonds. The molecule has 0 saturated heterocycles. The van der Waals surface area contributed by atoms with E-state index in [2.05, 4.69) is 5.10 Å². The maximum atomic E-state index is 12.5. The molecular weight excluding hydrogens is 294 g/mol. The van der Waals surface area contributed by atoms with E-state index in [1.165, 1.54) is 0 Å². The molecule has 1 atom stereocenters. The number of hydrogen-bond donors (Lipinski definition) is 0. The van der Waals surface area contributed by atoms with Crippen molar-refractivity contribution in [2.75, 3.05) is 20.3 Å². The molecule has 1 aromatic heterocycles. The number of hydrogen-bond acceptors (Lipinski definition) is 4. The molecule has 1 aliphatic heterocycles. The molecule has 6 nitrogen and oxygen atoms in total. The maximum absolute atomic E-state index is 12.5. The van der Waals surface area contributed by atoms with Crippen LogP contribution in [0.2, 0.25) is 0 Å². The number of aromatic nitrogens is 2. The number of carbonyl (C=O) groups is 1. The van der Waals surface area contributed by atoms with Crippen LogP contribution in [-0.2, 0) is 22.6 Å². The zero-order chi connectivity index (χ0) is 16.1. The third kappa shape index (κ3) is 3.90. The fraction of sp³-hybridized carbons (Fsp3) is 0.412. The summed E-state index contributed by atoms with van der Waals surface area (Å²) >= 11 is 0. The minimum atomic E-state index is -0.0462. The van der Waals surface area contributed by atoms with Crippen molar-refractivity contribution in [3.05, 3.63) is 48.3 Å². The quantitative estimate of drug-likeness (QED) is 0.843. The molecular formula is C17H21N3O3. The van der Waals surface area contributed by atoms with E-state index in [0.29, 0.717) is 32.7 Å². The molecule has 0 unspecified atom stereocenters. The van der Waals surface area contributed by atoms with Gasteiger partial charge in [0.15, 0.2) is 0 Å². The van der Waals surface area contributed by atoms with Crippen molar-refractivity contribution in [1.82, 2.24) is 14.7 Å². The number of amides is 1. The van der Waals surface area contributed by atoms with Gasteiger partial charge in [0.25, 0.3) is 0 Å². The first-order valence-corrected chi connectivity index (χ1v) is 7.75. The van der Waals surface area contributed by atoms with Gasteiger partial charge in [-0.15, -0.1) is 0 Å². The Kier molecular flexibility index (Phi) is 4.92.